The second-order valence-corrected chi connectivity index (χ2v) is 5.54. The van der Waals surface area contributed by atoms with E-state index < -0.39 is 0 Å². The summed E-state index contributed by atoms with van der Waals surface area (Å²) in [5, 5.41) is 18.0. The molecule has 0 saturated heterocycles. The molecule has 0 radical (unpaired) electrons. The summed E-state index contributed by atoms with van der Waals surface area (Å²) in [7, 11) is 0. The van der Waals surface area contributed by atoms with E-state index in [0.717, 1.165) is 18.4 Å². The summed E-state index contributed by atoms with van der Waals surface area (Å²) < 4.78 is 0. The summed E-state index contributed by atoms with van der Waals surface area (Å²) in [6, 6.07) is 14.4. The average Bonchev–Trinajstić information content (AvgIpc) is 2.52. The molecule has 1 rings (SSSR count). The summed E-state index contributed by atoms with van der Waals surface area (Å²) >= 11 is 0. The first kappa shape index (κ1) is 17.0. The molecule has 0 aliphatic heterocycles. The highest BCUT2D eigenvalue weighted by Gasteiger charge is 2.14. The molecule has 0 bridgehead atoms. The zero-order valence-electron chi connectivity index (χ0n) is 13.1. The van der Waals surface area contributed by atoms with E-state index in [2.05, 4.69) is 31.2 Å². The first-order valence-corrected chi connectivity index (χ1v) is 7.77. The van der Waals surface area contributed by atoms with E-state index in [1.165, 1.54) is 31.2 Å². The first-order chi connectivity index (χ1) is 10.2. The predicted molar refractivity (Wildman–Crippen MR) is 86.5 cm³/mol. The van der Waals surface area contributed by atoms with Crippen LogP contribution in [-0.2, 0) is 0 Å². The largest absolute Gasteiger partial charge is 0.192 e. The molecule has 0 amide bonds. The molecule has 1 aromatic rings. The van der Waals surface area contributed by atoms with E-state index in [1.807, 2.05) is 25.1 Å². The highest BCUT2D eigenvalue weighted by Crippen LogP contribution is 2.30. The summed E-state index contributed by atoms with van der Waals surface area (Å²) in [6.45, 7) is 4.12. The van der Waals surface area contributed by atoms with Gasteiger partial charge >= 0.3 is 0 Å². The van der Waals surface area contributed by atoms with Crippen molar-refractivity contribution >= 4 is 0 Å². The Morgan fingerprint density at radius 1 is 1.05 bits per heavy atom. The van der Waals surface area contributed by atoms with Crippen LogP contribution < -0.4 is 0 Å². The van der Waals surface area contributed by atoms with Gasteiger partial charge in [-0.2, -0.15) is 10.5 Å². The fourth-order valence-electron chi connectivity index (χ4n) is 2.62. The maximum Gasteiger partial charge on any atom is 0.128 e. The molecule has 0 fully saturated rings. The minimum Gasteiger partial charge on any atom is -0.192 e. The van der Waals surface area contributed by atoms with Gasteiger partial charge < -0.3 is 0 Å². The van der Waals surface area contributed by atoms with E-state index in [4.69, 9.17) is 10.5 Å². The normalized spacial score (nSPS) is 11.2. The quantitative estimate of drug-likeness (QED) is 0.466. The van der Waals surface area contributed by atoms with Crippen molar-refractivity contribution in [1.82, 2.24) is 0 Å². The van der Waals surface area contributed by atoms with Crippen molar-refractivity contribution in [2.75, 3.05) is 0 Å². The zero-order valence-corrected chi connectivity index (χ0v) is 13.1. The Morgan fingerprint density at radius 2 is 1.71 bits per heavy atom. The number of hydrogen-bond donors (Lipinski definition) is 0. The van der Waals surface area contributed by atoms with Crippen LogP contribution in [0.5, 0.6) is 0 Å². The number of allylic oxidation sites excluding steroid dienone is 2. The topological polar surface area (TPSA) is 47.6 Å². The molecule has 21 heavy (non-hydrogen) atoms. The highest BCUT2D eigenvalue weighted by molar-refractivity contribution is 5.40. The van der Waals surface area contributed by atoms with Crippen molar-refractivity contribution < 1.29 is 0 Å². The molecule has 0 N–H and O–H groups in total. The number of hydrogen-bond acceptors (Lipinski definition) is 2. The average molecular weight is 280 g/mol. The van der Waals surface area contributed by atoms with Crippen LogP contribution in [0.4, 0.5) is 0 Å². The maximum absolute atomic E-state index is 9.00. The molecule has 0 aliphatic rings. The van der Waals surface area contributed by atoms with Crippen LogP contribution in [0, 0.1) is 22.7 Å². The van der Waals surface area contributed by atoms with Crippen molar-refractivity contribution in [2.24, 2.45) is 0 Å². The van der Waals surface area contributed by atoms with E-state index in [0.29, 0.717) is 5.92 Å². The minimum absolute atomic E-state index is 0.268. The third kappa shape index (κ3) is 5.84. The number of rotatable bonds is 8. The molecular formula is C19H24N2. The van der Waals surface area contributed by atoms with Crippen LogP contribution in [0.2, 0.25) is 0 Å². The number of unbranched alkanes of at least 4 members (excludes halogenated alkanes) is 3. The molecule has 0 heterocycles. The highest BCUT2D eigenvalue weighted by atomic mass is 14.3. The SMILES string of the molecule is CCCCCCC(CC(C)=C(C#N)C#N)c1ccccc1. The third-order valence-electron chi connectivity index (χ3n) is 3.88. The van der Waals surface area contributed by atoms with Gasteiger partial charge in [-0.25, -0.2) is 0 Å². The Kier molecular flexibility index (Phi) is 7.92. The summed E-state index contributed by atoms with van der Waals surface area (Å²) in [4.78, 5) is 0. The third-order valence-corrected chi connectivity index (χ3v) is 3.88. The Hall–Kier alpha value is -2.06. The van der Waals surface area contributed by atoms with Crippen molar-refractivity contribution in [3.05, 3.63) is 47.0 Å². The van der Waals surface area contributed by atoms with Crippen molar-refractivity contribution in [2.45, 2.75) is 58.3 Å². The Labute approximate surface area is 128 Å². The van der Waals surface area contributed by atoms with E-state index in [1.54, 1.807) is 0 Å². The fourth-order valence-corrected chi connectivity index (χ4v) is 2.62. The van der Waals surface area contributed by atoms with Gasteiger partial charge in [0.15, 0.2) is 0 Å². The van der Waals surface area contributed by atoms with Crippen LogP contribution in [0.25, 0.3) is 0 Å². The lowest BCUT2D eigenvalue weighted by molar-refractivity contribution is 0.549. The summed E-state index contributed by atoms with van der Waals surface area (Å²) in [5.74, 6) is 0.403. The molecule has 0 aromatic heterocycles. The van der Waals surface area contributed by atoms with Gasteiger partial charge in [-0.3, -0.25) is 0 Å². The molecule has 2 heteroatoms. The van der Waals surface area contributed by atoms with Gasteiger partial charge in [-0.1, -0.05) is 62.9 Å². The van der Waals surface area contributed by atoms with Crippen LogP contribution in [-0.4, -0.2) is 0 Å². The molecule has 1 aromatic carbocycles. The second-order valence-electron chi connectivity index (χ2n) is 5.54. The summed E-state index contributed by atoms with van der Waals surface area (Å²) in [6.07, 6.45) is 6.89. The van der Waals surface area contributed by atoms with Crippen LogP contribution in [0.1, 0.15) is 63.9 Å². The number of nitrogens with zero attached hydrogens (tertiary/aromatic N) is 2. The molecule has 1 unspecified atom stereocenters. The zero-order chi connectivity index (χ0) is 15.5. The Balaban J connectivity index is 2.81. The lowest BCUT2D eigenvalue weighted by Gasteiger charge is -2.18. The molecule has 110 valence electrons. The molecule has 0 saturated carbocycles. The molecule has 2 nitrogen and oxygen atoms in total. The van der Waals surface area contributed by atoms with E-state index >= 15 is 0 Å². The van der Waals surface area contributed by atoms with Gasteiger partial charge in [0.05, 0.1) is 0 Å². The monoisotopic (exact) mass is 280 g/mol. The van der Waals surface area contributed by atoms with Gasteiger partial charge in [0.2, 0.25) is 0 Å². The van der Waals surface area contributed by atoms with Crippen LogP contribution in [0.3, 0.4) is 0 Å². The molecular weight excluding hydrogens is 256 g/mol. The van der Waals surface area contributed by atoms with Crippen molar-refractivity contribution in [3.8, 4) is 12.1 Å². The predicted octanol–water partition coefficient (Wildman–Crippen LogP) is 5.49. The van der Waals surface area contributed by atoms with Crippen molar-refractivity contribution in [1.29, 1.82) is 10.5 Å². The van der Waals surface area contributed by atoms with Gasteiger partial charge in [0, 0.05) is 0 Å². The smallest absolute Gasteiger partial charge is 0.128 e. The molecule has 1 atom stereocenters. The van der Waals surface area contributed by atoms with Gasteiger partial charge in [0.25, 0.3) is 0 Å². The standard InChI is InChI=1S/C19H24N2/c1-3-4-5-7-12-18(17-10-8-6-9-11-17)13-16(2)19(14-20)15-21/h6,8-11,18H,3-5,7,12-13H2,1-2H3. The Morgan fingerprint density at radius 3 is 2.29 bits per heavy atom. The summed E-state index contributed by atoms with van der Waals surface area (Å²) in [5.41, 5.74) is 2.48. The molecule has 0 spiro atoms. The second kappa shape index (κ2) is 9.78. The van der Waals surface area contributed by atoms with Gasteiger partial charge in [-0.15, -0.1) is 0 Å². The van der Waals surface area contributed by atoms with Crippen LogP contribution in [0.15, 0.2) is 41.5 Å². The van der Waals surface area contributed by atoms with Gasteiger partial charge in [-0.05, 0) is 36.8 Å². The van der Waals surface area contributed by atoms with E-state index in [9.17, 15) is 0 Å². The lowest BCUT2D eigenvalue weighted by Crippen LogP contribution is -2.01. The molecule has 0 aliphatic carbocycles. The fraction of sp³-hybridized carbons (Fsp3) is 0.474. The first-order valence-electron chi connectivity index (χ1n) is 7.77. The minimum atomic E-state index is 0.268. The van der Waals surface area contributed by atoms with E-state index in [-0.39, 0.29) is 5.57 Å². The number of nitriles is 2. The van der Waals surface area contributed by atoms with Crippen molar-refractivity contribution in [3.63, 3.8) is 0 Å². The Bertz CT molecular complexity index is 513. The van der Waals surface area contributed by atoms with Gasteiger partial charge in [0.1, 0.15) is 17.7 Å². The number of benzene rings is 1. The van der Waals surface area contributed by atoms with Crippen LogP contribution >= 0.6 is 0 Å². The lowest BCUT2D eigenvalue weighted by atomic mass is 9.86. The maximum atomic E-state index is 9.00.